The molecule has 110 valence electrons. The lowest BCUT2D eigenvalue weighted by Crippen LogP contribution is -2.24. The minimum atomic E-state index is -0.135. The molecule has 0 amide bonds. The highest BCUT2D eigenvalue weighted by Crippen LogP contribution is 2.46. The Balaban J connectivity index is 1.49. The second kappa shape index (κ2) is 6.12. The van der Waals surface area contributed by atoms with E-state index in [1.54, 1.807) is 11.3 Å². The highest BCUT2D eigenvalue weighted by atomic mass is 32.1. The van der Waals surface area contributed by atoms with E-state index in [2.05, 4.69) is 15.7 Å². The maximum absolute atomic E-state index is 11.3. The van der Waals surface area contributed by atoms with Crippen molar-refractivity contribution in [2.24, 2.45) is 11.8 Å². The van der Waals surface area contributed by atoms with Gasteiger partial charge < -0.3 is 10.1 Å². The number of anilines is 1. The molecule has 1 aromatic heterocycles. The van der Waals surface area contributed by atoms with Crippen molar-refractivity contribution in [3.05, 3.63) is 11.1 Å². The lowest BCUT2D eigenvalue weighted by molar-refractivity contribution is -0.143. The number of aromatic nitrogens is 1. The SMILES string of the molecule is CCOC(=O)CCc1csc(NC(C2CC2)C2CC2)n1. The van der Waals surface area contributed by atoms with Gasteiger partial charge in [0.25, 0.3) is 0 Å². The van der Waals surface area contributed by atoms with Crippen LogP contribution in [-0.2, 0) is 16.0 Å². The van der Waals surface area contributed by atoms with Crippen LogP contribution in [0.3, 0.4) is 0 Å². The van der Waals surface area contributed by atoms with E-state index in [9.17, 15) is 4.79 Å². The first-order chi connectivity index (χ1) is 9.76. The summed E-state index contributed by atoms with van der Waals surface area (Å²) in [6.07, 6.45) is 6.58. The number of hydrogen-bond acceptors (Lipinski definition) is 5. The third-order valence-corrected chi connectivity index (χ3v) is 4.81. The van der Waals surface area contributed by atoms with Gasteiger partial charge in [-0.3, -0.25) is 4.79 Å². The summed E-state index contributed by atoms with van der Waals surface area (Å²) in [5.41, 5.74) is 0.996. The van der Waals surface area contributed by atoms with Crippen LogP contribution in [0.15, 0.2) is 5.38 Å². The average molecular weight is 294 g/mol. The fourth-order valence-corrected chi connectivity index (χ4v) is 3.42. The van der Waals surface area contributed by atoms with Crippen LogP contribution in [0, 0.1) is 11.8 Å². The first-order valence-corrected chi connectivity index (χ1v) is 8.50. The molecule has 0 atom stereocenters. The molecule has 20 heavy (non-hydrogen) atoms. The zero-order valence-electron chi connectivity index (χ0n) is 11.9. The van der Waals surface area contributed by atoms with Crippen LogP contribution in [0.5, 0.6) is 0 Å². The molecule has 1 heterocycles. The Morgan fingerprint density at radius 1 is 1.45 bits per heavy atom. The van der Waals surface area contributed by atoms with Crippen molar-refractivity contribution in [2.45, 2.75) is 51.5 Å². The maximum Gasteiger partial charge on any atom is 0.306 e. The Hall–Kier alpha value is -1.10. The summed E-state index contributed by atoms with van der Waals surface area (Å²) < 4.78 is 4.94. The van der Waals surface area contributed by atoms with Crippen molar-refractivity contribution in [3.8, 4) is 0 Å². The summed E-state index contributed by atoms with van der Waals surface area (Å²) in [6.45, 7) is 2.28. The van der Waals surface area contributed by atoms with Crippen molar-refractivity contribution < 1.29 is 9.53 Å². The molecule has 0 bridgehead atoms. The zero-order valence-corrected chi connectivity index (χ0v) is 12.7. The summed E-state index contributed by atoms with van der Waals surface area (Å²) in [7, 11) is 0. The molecular formula is C15H22N2O2S. The lowest BCUT2D eigenvalue weighted by Gasteiger charge is -2.16. The fraction of sp³-hybridized carbons (Fsp3) is 0.733. The molecule has 0 saturated heterocycles. The number of hydrogen-bond donors (Lipinski definition) is 1. The molecule has 1 N–H and O–H groups in total. The molecule has 0 radical (unpaired) electrons. The number of rotatable bonds is 8. The van der Waals surface area contributed by atoms with Crippen LogP contribution in [0.1, 0.15) is 44.7 Å². The van der Waals surface area contributed by atoms with Crippen molar-refractivity contribution in [3.63, 3.8) is 0 Å². The maximum atomic E-state index is 11.3. The van der Waals surface area contributed by atoms with Gasteiger partial charge in [-0.05, 0) is 44.4 Å². The Bertz CT molecular complexity index is 454. The third kappa shape index (κ3) is 3.72. The van der Waals surface area contributed by atoms with E-state index >= 15 is 0 Å². The lowest BCUT2D eigenvalue weighted by atomic mass is 10.1. The van der Waals surface area contributed by atoms with Gasteiger partial charge in [0.2, 0.25) is 0 Å². The van der Waals surface area contributed by atoms with Gasteiger partial charge in [-0.1, -0.05) is 0 Å². The number of thiazole rings is 1. The molecule has 1 aromatic rings. The van der Waals surface area contributed by atoms with E-state index in [1.807, 2.05) is 6.92 Å². The van der Waals surface area contributed by atoms with Gasteiger partial charge in [0, 0.05) is 17.8 Å². The number of ether oxygens (including phenoxy) is 1. The Labute approximate surface area is 123 Å². The van der Waals surface area contributed by atoms with Gasteiger partial charge in [0.05, 0.1) is 18.7 Å². The van der Waals surface area contributed by atoms with Crippen LogP contribution in [0.25, 0.3) is 0 Å². The first kappa shape index (κ1) is 13.9. The normalized spacial score (nSPS) is 18.3. The summed E-state index contributed by atoms with van der Waals surface area (Å²) in [5, 5.41) is 6.70. The van der Waals surface area contributed by atoms with E-state index in [-0.39, 0.29) is 5.97 Å². The van der Waals surface area contributed by atoms with Crippen LogP contribution in [0.4, 0.5) is 5.13 Å². The highest BCUT2D eigenvalue weighted by Gasteiger charge is 2.41. The summed E-state index contributed by atoms with van der Waals surface area (Å²) >= 11 is 1.66. The number of aryl methyl sites for hydroxylation is 1. The van der Waals surface area contributed by atoms with Gasteiger partial charge in [-0.15, -0.1) is 11.3 Å². The van der Waals surface area contributed by atoms with Crippen LogP contribution < -0.4 is 5.32 Å². The molecule has 2 aliphatic carbocycles. The predicted molar refractivity (Wildman–Crippen MR) is 79.9 cm³/mol. The molecule has 3 rings (SSSR count). The van der Waals surface area contributed by atoms with E-state index in [4.69, 9.17) is 4.74 Å². The Morgan fingerprint density at radius 2 is 2.15 bits per heavy atom. The second-order valence-corrected chi connectivity index (χ2v) is 6.65. The number of esters is 1. The molecule has 2 fully saturated rings. The fourth-order valence-electron chi connectivity index (χ4n) is 2.63. The Kier molecular flexibility index (Phi) is 4.24. The van der Waals surface area contributed by atoms with E-state index in [0.717, 1.165) is 22.7 Å². The molecule has 0 aromatic carbocycles. The van der Waals surface area contributed by atoms with Gasteiger partial charge in [0.15, 0.2) is 5.13 Å². The highest BCUT2D eigenvalue weighted by molar-refractivity contribution is 7.13. The second-order valence-electron chi connectivity index (χ2n) is 5.79. The summed E-state index contributed by atoms with van der Waals surface area (Å²) in [4.78, 5) is 15.9. The number of nitrogens with one attached hydrogen (secondary N) is 1. The third-order valence-electron chi connectivity index (χ3n) is 3.99. The van der Waals surface area contributed by atoms with Crippen molar-refractivity contribution in [1.82, 2.24) is 4.98 Å². The largest absolute Gasteiger partial charge is 0.466 e. The standard InChI is InChI=1S/C15H22N2O2S/c1-2-19-13(18)8-7-12-9-20-15(16-12)17-14(10-3-4-10)11-5-6-11/h9-11,14H,2-8H2,1H3,(H,16,17). The van der Waals surface area contributed by atoms with E-state index in [0.29, 0.717) is 25.5 Å². The molecule has 0 aliphatic heterocycles. The topological polar surface area (TPSA) is 51.2 Å². The minimum absolute atomic E-state index is 0.135. The van der Waals surface area contributed by atoms with E-state index in [1.165, 1.54) is 25.7 Å². The predicted octanol–water partition coefficient (Wildman–Crippen LogP) is 3.24. The van der Waals surface area contributed by atoms with Crippen LogP contribution >= 0.6 is 11.3 Å². The van der Waals surface area contributed by atoms with Crippen molar-refractivity contribution >= 4 is 22.4 Å². The molecule has 5 heteroatoms. The Morgan fingerprint density at radius 3 is 2.75 bits per heavy atom. The minimum Gasteiger partial charge on any atom is -0.466 e. The van der Waals surface area contributed by atoms with Crippen molar-refractivity contribution in [1.29, 1.82) is 0 Å². The first-order valence-electron chi connectivity index (χ1n) is 7.63. The average Bonchev–Trinajstić information content (AvgIpc) is 3.34. The number of carbonyl (C=O) groups is 1. The molecule has 4 nitrogen and oxygen atoms in total. The van der Waals surface area contributed by atoms with Crippen LogP contribution in [0.2, 0.25) is 0 Å². The quantitative estimate of drug-likeness (QED) is 0.748. The molecular weight excluding hydrogens is 272 g/mol. The number of nitrogens with zero attached hydrogens (tertiary/aromatic N) is 1. The summed E-state index contributed by atoms with van der Waals surface area (Å²) in [6, 6.07) is 0.638. The van der Waals surface area contributed by atoms with Crippen molar-refractivity contribution in [2.75, 3.05) is 11.9 Å². The zero-order chi connectivity index (χ0) is 13.9. The van der Waals surface area contributed by atoms with Crippen LogP contribution in [-0.4, -0.2) is 23.6 Å². The smallest absolute Gasteiger partial charge is 0.306 e. The van der Waals surface area contributed by atoms with Gasteiger partial charge >= 0.3 is 5.97 Å². The molecule has 0 unspecified atom stereocenters. The van der Waals surface area contributed by atoms with Gasteiger partial charge in [-0.25, -0.2) is 4.98 Å². The van der Waals surface area contributed by atoms with Gasteiger partial charge in [-0.2, -0.15) is 0 Å². The molecule has 2 aliphatic rings. The molecule has 0 spiro atoms. The van der Waals surface area contributed by atoms with Gasteiger partial charge in [0.1, 0.15) is 0 Å². The molecule has 2 saturated carbocycles. The van der Waals surface area contributed by atoms with E-state index < -0.39 is 0 Å². The monoisotopic (exact) mass is 294 g/mol. The number of carbonyl (C=O) groups excluding carboxylic acids is 1. The summed E-state index contributed by atoms with van der Waals surface area (Å²) in [5.74, 6) is 1.60.